The highest BCUT2D eigenvalue weighted by molar-refractivity contribution is 5.76. The van der Waals surface area contributed by atoms with Gasteiger partial charge in [-0.15, -0.1) is 0 Å². The number of nitrogens with one attached hydrogen (secondary N) is 1. The highest BCUT2D eigenvalue weighted by Crippen LogP contribution is 2.18. The summed E-state index contributed by atoms with van der Waals surface area (Å²) in [6.45, 7) is 7.31. The molecule has 22 heavy (non-hydrogen) atoms. The van der Waals surface area contributed by atoms with Crippen LogP contribution in [0.3, 0.4) is 0 Å². The summed E-state index contributed by atoms with van der Waals surface area (Å²) in [7, 11) is 1.82. The Morgan fingerprint density at radius 1 is 1.45 bits per heavy atom. The first-order valence-electron chi connectivity index (χ1n) is 7.81. The number of nitrogens with zero attached hydrogens (tertiary/aromatic N) is 1. The topological polar surface area (TPSA) is 50.8 Å². The van der Waals surface area contributed by atoms with Crippen LogP contribution in [-0.4, -0.2) is 56.8 Å². The Labute approximate surface area is 132 Å². The van der Waals surface area contributed by atoms with Crippen LogP contribution < -0.4 is 10.1 Å². The molecule has 1 N–H and O–H groups in total. The van der Waals surface area contributed by atoms with Crippen molar-refractivity contribution in [3.63, 3.8) is 0 Å². The number of amides is 1. The summed E-state index contributed by atoms with van der Waals surface area (Å²) < 4.78 is 11.2. The van der Waals surface area contributed by atoms with Gasteiger partial charge >= 0.3 is 0 Å². The van der Waals surface area contributed by atoms with Crippen LogP contribution in [-0.2, 0) is 9.53 Å². The lowest BCUT2D eigenvalue weighted by Gasteiger charge is -2.25. The van der Waals surface area contributed by atoms with Crippen molar-refractivity contribution < 1.29 is 14.3 Å². The second-order valence-electron chi connectivity index (χ2n) is 5.86. The average Bonchev–Trinajstić information content (AvgIpc) is 2.51. The number of carbonyl (C=O) groups excluding carboxylic acids is 1. The van der Waals surface area contributed by atoms with Crippen molar-refractivity contribution in [3.8, 4) is 5.75 Å². The molecule has 1 aromatic carbocycles. The molecular weight excluding hydrogens is 280 g/mol. The summed E-state index contributed by atoms with van der Waals surface area (Å²) in [5.41, 5.74) is 2.29. The summed E-state index contributed by atoms with van der Waals surface area (Å²) in [6, 6.07) is 6.27. The van der Waals surface area contributed by atoms with E-state index in [0.717, 1.165) is 24.5 Å². The van der Waals surface area contributed by atoms with Gasteiger partial charge in [-0.25, -0.2) is 0 Å². The van der Waals surface area contributed by atoms with Gasteiger partial charge in [0.2, 0.25) is 5.91 Å². The van der Waals surface area contributed by atoms with Crippen LogP contribution in [0.2, 0.25) is 0 Å². The summed E-state index contributed by atoms with van der Waals surface area (Å²) in [4.78, 5) is 13.9. The molecule has 0 radical (unpaired) electrons. The Kier molecular flexibility index (Phi) is 6.21. The number of aryl methyl sites for hydroxylation is 2. The van der Waals surface area contributed by atoms with E-state index in [4.69, 9.17) is 9.47 Å². The summed E-state index contributed by atoms with van der Waals surface area (Å²) >= 11 is 0. The number of rotatable bonds is 6. The Balaban J connectivity index is 1.73. The number of likely N-dealkylation sites (N-methyl/N-ethyl adjacent to an activating group) is 1. The predicted octanol–water partition coefficient (Wildman–Crippen LogP) is 1.52. The zero-order valence-corrected chi connectivity index (χ0v) is 13.7. The lowest BCUT2D eigenvalue weighted by atomic mass is 10.1. The summed E-state index contributed by atoms with van der Waals surface area (Å²) in [6.07, 6.45) is 0.472. The first-order valence-corrected chi connectivity index (χ1v) is 7.81. The van der Waals surface area contributed by atoms with Crippen molar-refractivity contribution in [2.24, 2.45) is 0 Å². The first-order chi connectivity index (χ1) is 10.6. The van der Waals surface area contributed by atoms with Crippen LogP contribution in [0.1, 0.15) is 17.5 Å². The molecule has 5 nitrogen and oxygen atoms in total. The molecule has 1 atom stereocenters. The van der Waals surface area contributed by atoms with Gasteiger partial charge in [0.25, 0.3) is 0 Å². The second-order valence-corrected chi connectivity index (χ2v) is 5.86. The molecule has 122 valence electrons. The van der Waals surface area contributed by atoms with Crippen molar-refractivity contribution >= 4 is 5.91 Å². The van der Waals surface area contributed by atoms with E-state index in [2.05, 4.69) is 11.4 Å². The Morgan fingerprint density at radius 3 is 3.00 bits per heavy atom. The quantitative estimate of drug-likeness (QED) is 0.866. The molecule has 0 aromatic heterocycles. The number of hydrogen-bond donors (Lipinski definition) is 1. The minimum absolute atomic E-state index is 0.118. The van der Waals surface area contributed by atoms with Gasteiger partial charge in [0.15, 0.2) is 0 Å². The predicted molar refractivity (Wildman–Crippen MR) is 86.3 cm³/mol. The third kappa shape index (κ3) is 5.00. The van der Waals surface area contributed by atoms with Crippen molar-refractivity contribution in [2.45, 2.75) is 26.3 Å². The second kappa shape index (κ2) is 8.15. The van der Waals surface area contributed by atoms with Crippen LogP contribution in [0.15, 0.2) is 18.2 Å². The molecule has 1 fully saturated rings. The Hall–Kier alpha value is -1.59. The molecule has 0 saturated carbocycles. The third-order valence-electron chi connectivity index (χ3n) is 3.87. The largest absolute Gasteiger partial charge is 0.491 e. The molecule has 2 rings (SSSR count). The van der Waals surface area contributed by atoms with Crippen LogP contribution in [0.4, 0.5) is 0 Å². The molecule has 1 aliphatic heterocycles. The van der Waals surface area contributed by atoms with Crippen LogP contribution >= 0.6 is 0 Å². The number of morpholine rings is 1. The van der Waals surface area contributed by atoms with Gasteiger partial charge in [0, 0.05) is 26.1 Å². The van der Waals surface area contributed by atoms with E-state index in [9.17, 15) is 4.79 Å². The smallest absolute Gasteiger partial charge is 0.224 e. The molecule has 1 heterocycles. The number of ether oxygens (including phenoxy) is 2. The molecule has 0 aliphatic carbocycles. The number of benzene rings is 1. The normalized spacial score (nSPS) is 18.0. The maximum Gasteiger partial charge on any atom is 0.224 e. The molecular formula is C17H26N2O3. The monoisotopic (exact) mass is 306 g/mol. The fourth-order valence-corrected chi connectivity index (χ4v) is 2.40. The van der Waals surface area contributed by atoms with E-state index in [1.165, 1.54) is 5.56 Å². The lowest BCUT2D eigenvalue weighted by molar-refractivity contribution is -0.131. The molecule has 5 heteroatoms. The Morgan fingerprint density at radius 2 is 2.27 bits per heavy atom. The third-order valence-corrected chi connectivity index (χ3v) is 3.87. The first kappa shape index (κ1) is 16.8. The van der Waals surface area contributed by atoms with Gasteiger partial charge in [-0.1, -0.05) is 12.1 Å². The summed E-state index contributed by atoms with van der Waals surface area (Å²) in [5.74, 6) is 1.01. The van der Waals surface area contributed by atoms with Crippen LogP contribution in [0, 0.1) is 13.8 Å². The zero-order chi connectivity index (χ0) is 15.9. The van der Waals surface area contributed by atoms with Gasteiger partial charge in [-0.3, -0.25) is 4.79 Å². The van der Waals surface area contributed by atoms with E-state index in [0.29, 0.717) is 26.2 Å². The highest BCUT2D eigenvalue weighted by Gasteiger charge is 2.19. The maximum absolute atomic E-state index is 12.1. The van der Waals surface area contributed by atoms with Crippen molar-refractivity contribution in [2.75, 3.05) is 40.0 Å². The molecule has 1 amide bonds. The van der Waals surface area contributed by atoms with Gasteiger partial charge in [0.1, 0.15) is 12.4 Å². The van der Waals surface area contributed by atoms with Crippen molar-refractivity contribution in [1.29, 1.82) is 0 Å². The SMILES string of the molecule is Cc1ccc(C)c(OCCN(C)C(=O)C[C@H]2COCCN2)c1. The fourth-order valence-electron chi connectivity index (χ4n) is 2.40. The van der Waals surface area contributed by atoms with Crippen molar-refractivity contribution in [3.05, 3.63) is 29.3 Å². The van der Waals surface area contributed by atoms with E-state index >= 15 is 0 Å². The maximum atomic E-state index is 12.1. The van der Waals surface area contributed by atoms with E-state index in [-0.39, 0.29) is 11.9 Å². The highest BCUT2D eigenvalue weighted by atomic mass is 16.5. The molecule has 1 aliphatic rings. The zero-order valence-electron chi connectivity index (χ0n) is 13.7. The molecule has 0 bridgehead atoms. The molecule has 1 aromatic rings. The summed E-state index contributed by atoms with van der Waals surface area (Å²) in [5, 5.41) is 3.30. The minimum Gasteiger partial charge on any atom is -0.491 e. The lowest BCUT2D eigenvalue weighted by Crippen LogP contribution is -2.45. The number of carbonyl (C=O) groups is 1. The van der Waals surface area contributed by atoms with Gasteiger partial charge in [-0.05, 0) is 31.0 Å². The van der Waals surface area contributed by atoms with E-state index in [1.807, 2.05) is 33.0 Å². The number of hydrogen-bond acceptors (Lipinski definition) is 4. The molecule has 0 spiro atoms. The molecule has 1 saturated heterocycles. The average molecular weight is 306 g/mol. The van der Waals surface area contributed by atoms with Crippen molar-refractivity contribution in [1.82, 2.24) is 10.2 Å². The van der Waals surface area contributed by atoms with Gasteiger partial charge in [-0.2, -0.15) is 0 Å². The van der Waals surface area contributed by atoms with E-state index < -0.39 is 0 Å². The van der Waals surface area contributed by atoms with E-state index in [1.54, 1.807) is 4.90 Å². The molecule has 0 unspecified atom stereocenters. The van der Waals surface area contributed by atoms with Crippen LogP contribution in [0.25, 0.3) is 0 Å². The van der Waals surface area contributed by atoms with Crippen LogP contribution in [0.5, 0.6) is 5.75 Å². The van der Waals surface area contributed by atoms with Gasteiger partial charge in [0.05, 0.1) is 19.8 Å². The standard InChI is InChI=1S/C17H26N2O3/c1-13-4-5-14(2)16(10-13)22-9-7-19(3)17(20)11-15-12-21-8-6-18-15/h4-5,10,15,18H,6-9,11-12H2,1-3H3/t15-/m0/s1. The Bertz CT molecular complexity index is 499. The minimum atomic E-state index is 0.118. The van der Waals surface area contributed by atoms with Gasteiger partial charge < -0.3 is 19.7 Å². The fraction of sp³-hybridized carbons (Fsp3) is 0.588.